The van der Waals surface area contributed by atoms with E-state index in [1.54, 1.807) is 7.05 Å². The van der Waals surface area contributed by atoms with Gasteiger partial charge in [-0.15, -0.1) is 0 Å². The van der Waals surface area contributed by atoms with E-state index in [1.165, 1.54) is 0 Å². The molecule has 2 atom stereocenters. The Balaban J connectivity index is 2.22. The molecular formula is C10H17N3O2. The fourth-order valence-electron chi connectivity index (χ4n) is 2.50. The first-order valence-electron chi connectivity index (χ1n) is 5.27. The van der Waals surface area contributed by atoms with Gasteiger partial charge in [0.15, 0.2) is 5.96 Å². The Hall–Kier alpha value is -1.10. The van der Waals surface area contributed by atoms with Gasteiger partial charge < -0.3 is 10.1 Å². The van der Waals surface area contributed by atoms with E-state index in [0.29, 0.717) is 18.8 Å². The molecule has 0 aromatic carbocycles. The molecule has 5 heteroatoms. The number of guanidine groups is 1. The maximum absolute atomic E-state index is 11.9. The Morgan fingerprint density at radius 3 is 2.47 bits per heavy atom. The van der Waals surface area contributed by atoms with Crippen LogP contribution in [0.15, 0.2) is 4.99 Å². The number of rotatable bonds is 0. The van der Waals surface area contributed by atoms with Crippen LogP contribution in [-0.4, -0.2) is 36.7 Å². The number of carbonyl (C=O) groups excluding carboxylic acids is 1. The number of aliphatic imine (C=N–C) groups is 1. The van der Waals surface area contributed by atoms with Crippen molar-refractivity contribution in [1.82, 2.24) is 10.6 Å². The van der Waals surface area contributed by atoms with E-state index in [4.69, 9.17) is 4.74 Å². The summed E-state index contributed by atoms with van der Waals surface area (Å²) in [6.45, 7) is 3.99. The number of carbonyl (C=O) groups is 1. The van der Waals surface area contributed by atoms with Crippen molar-refractivity contribution in [2.45, 2.75) is 44.4 Å². The molecule has 2 rings (SSSR count). The standard InChI is InChI=1S/C10H17N3O2/c1-6-4-10(5-7(2)15-6)8(14)12-9(11-3)13-10/h6-7H,4-5H2,1-3H3,(H2,11,12,13,14). The number of nitrogens with one attached hydrogen (secondary N) is 2. The zero-order valence-electron chi connectivity index (χ0n) is 9.33. The van der Waals surface area contributed by atoms with Gasteiger partial charge in [0.25, 0.3) is 5.91 Å². The lowest BCUT2D eigenvalue weighted by atomic mass is 9.84. The minimum absolute atomic E-state index is 0.0186. The molecule has 1 spiro atoms. The molecule has 2 saturated heterocycles. The second-order valence-electron chi connectivity index (χ2n) is 4.40. The van der Waals surface area contributed by atoms with Crippen LogP contribution in [0.3, 0.4) is 0 Å². The van der Waals surface area contributed by atoms with Crippen LogP contribution in [0.5, 0.6) is 0 Å². The Morgan fingerprint density at radius 1 is 1.40 bits per heavy atom. The first-order chi connectivity index (χ1) is 7.05. The lowest BCUT2D eigenvalue weighted by molar-refractivity contribution is -0.133. The van der Waals surface area contributed by atoms with Crippen molar-refractivity contribution in [1.29, 1.82) is 0 Å². The minimum Gasteiger partial charge on any atom is -0.375 e. The Bertz CT molecular complexity index is 304. The SMILES string of the molecule is CN=C1NC(=O)C2(CC(C)OC(C)C2)N1. The normalized spacial score (nSPS) is 43.1. The molecule has 2 N–H and O–H groups in total. The maximum atomic E-state index is 11.9. The number of hydrogen-bond donors (Lipinski definition) is 2. The lowest BCUT2D eigenvalue weighted by Crippen LogP contribution is -2.55. The molecule has 0 radical (unpaired) electrons. The summed E-state index contributed by atoms with van der Waals surface area (Å²) >= 11 is 0. The average Bonchev–Trinajstić information content (AvgIpc) is 2.41. The highest BCUT2D eigenvalue weighted by atomic mass is 16.5. The molecule has 2 heterocycles. The number of amides is 1. The second-order valence-corrected chi connectivity index (χ2v) is 4.40. The molecule has 15 heavy (non-hydrogen) atoms. The topological polar surface area (TPSA) is 62.7 Å². The molecule has 0 aromatic heterocycles. The van der Waals surface area contributed by atoms with Crippen LogP contribution in [0.1, 0.15) is 26.7 Å². The monoisotopic (exact) mass is 211 g/mol. The number of ether oxygens (including phenoxy) is 1. The van der Waals surface area contributed by atoms with Gasteiger partial charge in [0, 0.05) is 19.9 Å². The van der Waals surface area contributed by atoms with Gasteiger partial charge in [-0.2, -0.15) is 0 Å². The van der Waals surface area contributed by atoms with Gasteiger partial charge >= 0.3 is 0 Å². The summed E-state index contributed by atoms with van der Waals surface area (Å²) in [5.74, 6) is 0.589. The van der Waals surface area contributed by atoms with Crippen LogP contribution in [0, 0.1) is 0 Å². The highest BCUT2D eigenvalue weighted by molar-refractivity contribution is 6.09. The fraction of sp³-hybridized carbons (Fsp3) is 0.800. The van der Waals surface area contributed by atoms with E-state index >= 15 is 0 Å². The van der Waals surface area contributed by atoms with Gasteiger partial charge in [0.1, 0.15) is 5.54 Å². The lowest BCUT2D eigenvalue weighted by Gasteiger charge is -2.38. The summed E-state index contributed by atoms with van der Waals surface area (Å²) in [7, 11) is 1.66. The highest BCUT2D eigenvalue weighted by Gasteiger charge is 2.49. The Morgan fingerprint density at radius 2 is 2.00 bits per heavy atom. The van der Waals surface area contributed by atoms with Gasteiger partial charge in [-0.25, -0.2) is 0 Å². The van der Waals surface area contributed by atoms with Crippen LogP contribution in [0.2, 0.25) is 0 Å². The molecule has 5 nitrogen and oxygen atoms in total. The zero-order chi connectivity index (χ0) is 11.1. The molecule has 84 valence electrons. The van der Waals surface area contributed by atoms with Crippen LogP contribution >= 0.6 is 0 Å². The smallest absolute Gasteiger partial charge is 0.252 e. The molecular weight excluding hydrogens is 194 g/mol. The van der Waals surface area contributed by atoms with Crippen LogP contribution < -0.4 is 10.6 Å². The predicted octanol–water partition coefficient (Wildman–Crippen LogP) is 0.0178. The maximum Gasteiger partial charge on any atom is 0.252 e. The van der Waals surface area contributed by atoms with E-state index < -0.39 is 5.54 Å². The van der Waals surface area contributed by atoms with Crippen LogP contribution in [0.25, 0.3) is 0 Å². The fourth-order valence-corrected chi connectivity index (χ4v) is 2.50. The van der Waals surface area contributed by atoms with E-state index in [0.717, 1.165) is 0 Å². The molecule has 0 aliphatic carbocycles. The molecule has 2 unspecified atom stereocenters. The van der Waals surface area contributed by atoms with Crippen molar-refractivity contribution in [3.8, 4) is 0 Å². The molecule has 2 fully saturated rings. The molecule has 0 bridgehead atoms. The summed E-state index contributed by atoms with van der Waals surface area (Å²) in [4.78, 5) is 15.9. The van der Waals surface area contributed by atoms with E-state index in [-0.39, 0.29) is 18.1 Å². The van der Waals surface area contributed by atoms with Crippen molar-refractivity contribution in [2.75, 3.05) is 7.05 Å². The number of hydrogen-bond acceptors (Lipinski definition) is 3. The predicted molar refractivity (Wildman–Crippen MR) is 56.6 cm³/mol. The molecule has 0 aromatic rings. The second kappa shape index (κ2) is 3.48. The van der Waals surface area contributed by atoms with Gasteiger partial charge in [-0.1, -0.05) is 0 Å². The third kappa shape index (κ3) is 1.71. The Labute approximate surface area is 89.3 Å². The van der Waals surface area contributed by atoms with Crippen molar-refractivity contribution >= 4 is 11.9 Å². The molecule has 0 saturated carbocycles. The minimum atomic E-state index is -0.508. The van der Waals surface area contributed by atoms with Crippen LogP contribution in [0.4, 0.5) is 0 Å². The van der Waals surface area contributed by atoms with E-state index in [1.807, 2.05) is 13.8 Å². The third-order valence-electron chi connectivity index (χ3n) is 2.98. The van der Waals surface area contributed by atoms with Crippen molar-refractivity contribution in [2.24, 2.45) is 4.99 Å². The third-order valence-corrected chi connectivity index (χ3v) is 2.98. The summed E-state index contributed by atoms with van der Waals surface area (Å²) in [6, 6.07) is 0. The first kappa shape index (κ1) is 10.4. The van der Waals surface area contributed by atoms with Gasteiger partial charge in [-0.05, 0) is 13.8 Å². The zero-order valence-corrected chi connectivity index (χ0v) is 9.33. The Kier molecular flexibility index (Phi) is 2.42. The van der Waals surface area contributed by atoms with Gasteiger partial charge in [0.05, 0.1) is 12.2 Å². The van der Waals surface area contributed by atoms with Gasteiger partial charge in [-0.3, -0.25) is 15.1 Å². The average molecular weight is 211 g/mol. The van der Waals surface area contributed by atoms with Crippen molar-refractivity contribution in [3.05, 3.63) is 0 Å². The summed E-state index contributed by atoms with van der Waals surface area (Å²) < 4.78 is 5.63. The molecule has 2 aliphatic rings. The summed E-state index contributed by atoms with van der Waals surface area (Å²) in [5, 5.41) is 5.93. The van der Waals surface area contributed by atoms with E-state index in [2.05, 4.69) is 15.6 Å². The van der Waals surface area contributed by atoms with Crippen molar-refractivity contribution < 1.29 is 9.53 Å². The number of nitrogens with zero attached hydrogens (tertiary/aromatic N) is 1. The molecule has 1 amide bonds. The van der Waals surface area contributed by atoms with E-state index in [9.17, 15) is 4.79 Å². The largest absolute Gasteiger partial charge is 0.375 e. The molecule has 2 aliphatic heterocycles. The highest BCUT2D eigenvalue weighted by Crippen LogP contribution is 2.30. The van der Waals surface area contributed by atoms with Crippen molar-refractivity contribution in [3.63, 3.8) is 0 Å². The first-order valence-corrected chi connectivity index (χ1v) is 5.27. The quantitative estimate of drug-likeness (QED) is 0.593. The summed E-state index contributed by atoms with van der Waals surface area (Å²) in [6.07, 6.45) is 1.59. The van der Waals surface area contributed by atoms with Crippen LogP contribution in [-0.2, 0) is 9.53 Å². The summed E-state index contributed by atoms with van der Waals surface area (Å²) in [5.41, 5.74) is -0.508. The van der Waals surface area contributed by atoms with Gasteiger partial charge in [0.2, 0.25) is 0 Å².